The van der Waals surface area contributed by atoms with E-state index in [1.165, 1.54) is 19.4 Å². The molecule has 2 rings (SSSR count). The standard InChI is InChI=1S/C17H18N2O5/c1-22-14-5-3-4-12(8-14)9-18-15(20)11-24-17(21)13-6-7-16(23-2)19-10-13/h3-8,10H,9,11H2,1-2H3,(H,18,20). The van der Waals surface area contributed by atoms with E-state index in [4.69, 9.17) is 14.2 Å². The zero-order valence-corrected chi connectivity index (χ0v) is 13.4. The van der Waals surface area contributed by atoms with Crippen molar-refractivity contribution in [3.8, 4) is 11.6 Å². The molecular formula is C17H18N2O5. The minimum atomic E-state index is -0.623. The molecule has 0 aliphatic heterocycles. The quantitative estimate of drug-likeness (QED) is 0.776. The van der Waals surface area contributed by atoms with E-state index in [1.54, 1.807) is 13.2 Å². The van der Waals surface area contributed by atoms with Gasteiger partial charge in [0.15, 0.2) is 6.61 Å². The summed E-state index contributed by atoms with van der Waals surface area (Å²) in [6.45, 7) is -0.0491. The molecule has 1 heterocycles. The average Bonchev–Trinajstić information content (AvgIpc) is 2.64. The largest absolute Gasteiger partial charge is 0.497 e. The van der Waals surface area contributed by atoms with Gasteiger partial charge >= 0.3 is 5.97 Å². The molecule has 0 aliphatic carbocycles. The van der Waals surface area contributed by atoms with Crippen LogP contribution in [0, 0.1) is 0 Å². The lowest BCUT2D eigenvalue weighted by Crippen LogP contribution is -2.28. The summed E-state index contributed by atoms with van der Waals surface area (Å²) in [6.07, 6.45) is 1.33. The molecule has 0 unspecified atom stereocenters. The van der Waals surface area contributed by atoms with Gasteiger partial charge in [-0.1, -0.05) is 12.1 Å². The van der Waals surface area contributed by atoms with Crippen molar-refractivity contribution in [2.24, 2.45) is 0 Å². The number of amides is 1. The highest BCUT2D eigenvalue weighted by Gasteiger charge is 2.11. The highest BCUT2D eigenvalue weighted by atomic mass is 16.5. The van der Waals surface area contributed by atoms with E-state index < -0.39 is 11.9 Å². The summed E-state index contributed by atoms with van der Waals surface area (Å²) >= 11 is 0. The van der Waals surface area contributed by atoms with Crippen LogP contribution in [0.3, 0.4) is 0 Å². The van der Waals surface area contributed by atoms with Crippen LogP contribution in [-0.4, -0.2) is 37.7 Å². The van der Waals surface area contributed by atoms with Crippen LogP contribution in [0.2, 0.25) is 0 Å². The molecule has 7 heteroatoms. The lowest BCUT2D eigenvalue weighted by atomic mass is 10.2. The third kappa shape index (κ3) is 4.98. The Morgan fingerprint density at radius 3 is 2.62 bits per heavy atom. The van der Waals surface area contributed by atoms with E-state index in [-0.39, 0.29) is 12.2 Å². The van der Waals surface area contributed by atoms with Crippen LogP contribution in [0.25, 0.3) is 0 Å². The smallest absolute Gasteiger partial charge is 0.340 e. The van der Waals surface area contributed by atoms with Crippen molar-refractivity contribution >= 4 is 11.9 Å². The molecule has 1 amide bonds. The lowest BCUT2D eigenvalue weighted by Gasteiger charge is -2.08. The summed E-state index contributed by atoms with van der Waals surface area (Å²) in [5, 5.41) is 2.67. The second-order valence-electron chi connectivity index (χ2n) is 4.79. The van der Waals surface area contributed by atoms with Gasteiger partial charge < -0.3 is 19.5 Å². The maximum atomic E-state index is 11.8. The summed E-state index contributed by atoms with van der Waals surface area (Å²) in [4.78, 5) is 27.5. The van der Waals surface area contributed by atoms with Crippen molar-refractivity contribution in [3.63, 3.8) is 0 Å². The van der Waals surface area contributed by atoms with Crippen LogP contribution in [0.5, 0.6) is 11.6 Å². The Labute approximate surface area is 139 Å². The minimum Gasteiger partial charge on any atom is -0.497 e. The Hall–Kier alpha value is -3.09. The molecule has 24 heavy (non-hydrogen) atoms. The first-order chi connectivity index (χ1) is 11.6. The van der Waals surface area contributed by atoms with Crippen molar-refractivity contribution in [3.05, 3.63) is 53.7 Å². The molecule has 1 N–H and O–H groups in total. The van der Waals surface area contributed by atoms with Crippen molar-refractivity contribution in [2.75, 3.05) is 20.8 Å². The predicted molar refractivity (Wildman–Crippen MR) is 85.9 cm³/mol. The zero-order chi connectivity index (χ0) is 17.4. The van der Waals surface area contributed by atoms with Crippen molar-refractivity contribution < 1.29 is 23.8 Å². The van der Waals surface area contributed by atoms with Gasteiger partial charge in [-0.3, -0.25) is 4.79 Å². The van der Waals surface area contributed by atoms with Gasteiger partial charge in [-0.25, -0.2) is 9.78 Å². The number of nitrogens with one attached hydrogen (secondary N) is 1. The van der Waals surface area contributed by atoms with E-state index in [9.17, 15) is 9.59 Å². The maximum absolute atomic E-state index is 11.8. The predicted octanol–water partition coefficient (Wildman–Crippen LogP) is 1.57. The van der Waals surface area contributed by atoms with E-state index in [1.807, 2.05) is 24.3 Å². The zero-order valence-electron chi connectivity index (χ0n) is 13.4. The third-order valence-corrected chi connectivity index (χ3v) is 3.14. The number of methoxy groups -OCH3 is 2. The van der Waals surface area contributed by atoms with Crippen LogP contribution >= 0.6 is 0 Å². The average molecular weight is 330 g/mol. The number of carbonyl (C=O) groups excluding carboxylic acids is 2. The number of benzene rings is 1. The normalized spacial score (nSPS) is 9.92. The Kier molecular flexibility index (Phi) is 6.13. The van der Waals surface area contributed by atoms with Gasteiger partial charge in [-0.05, 0) is 23.8 Å². The number of ether oxygens (including phenoxy) is 3. The Balaban J connectivity index is 1.78. The third-order valence-electron chi connectivity index (χ3n) is 3.14. The first kappa shape index (κ1) is 17.3. The fourth-order valence-electron chi connectivity index (χ4n) is 1.87. The van der Waals surface area contributed by atoms with Gasteiger partial charge in [0.25, 0.3) is 5.91 Å². The molecule has 0 aliphatic rings. The van der Waals surface area contributed by atoms with Gasteiger partial charge in [0.1, 0.15) is 5.75 Å². The first-order valence-electron chi connectivity index (χ1n) is 7.19. The monoisotopic (exact) mass is 330 g/mol. The van der Waals surface area contributed by atoms with Gasteiger partial charge in [0.2, 0.25) is 5.88 Å². The van der Waals surface area contributed by atoms with Crippen molar-refractivity contribution in [2.45, 2.75) is 6.54 Å². The molecule has 0 saturated heterocycles. The number of hydrogen-bond donors (Lipinski definition) is 1. The van der Waals surface area contributed by atoms with Gasteiger partial charge in [-0.15, -0.1) is 0 Å². The van der Waals surface area contributed by atoms with Crippen LogP contribution in [0.4, 0.5) is 0 Å². The van der Waals surface area contributed by atoms with E-state index in [0.29, 0.717) is 18.2 Å². The Morgan fingerprint density at radius 2 is 1.96 bits per heavy atom. The number of esters is 1. The number of nitrogens with zero attached hydrogens (tertiary/aromatic N) is 1. The molecular weight excluding hydrogens is 312 g/mol. The molecule has 1 aromatic heterocycles. The highest BCUT2D eigenvalue weighted by Crippen LogP contribution is 2.12. The van der Waals surface area contributed by atoms with E-state index in [0.717, 1.165) is 5.56 Å². The minimum absolute atomic E-state index is 0.247. The molecule has 7 nitrogen and oxygen atoms in total. The molecule has 0 spiro atoms. The van der Waals surface area contributed by atoms with Crippen LogP contribution in [-0.2, 0) is 16.1 Å². The second kappa shape index (κ2) is 8.52. The summed E-state index contributed by atoms with van der Waals surface area (Å²) in [7, 11) is 3.05. The van der Waals surface area contributed by atoms with Crippen molar-refractivity contribution in [1.29, 1.82) is 0 Å². The fraction of sp³-hybridized carbons (Fsp3) is 0.235. The van der Waals surface area contributed by atoms with Gasteiger partial charge in [0, 0.05) is 18.8 Å². The molecule has 0 bridgehead atoms. The molecule has 0 atom stereocenters. The van der Waals surface area contributed by atoms with Crippen molar-refractivity contribution in [1.82, 2.24) is 10.3 Å². The second-order valence-corrected chi connectivity index (χ2v) is 4.79. The molecule has 1 aromatic carbocycles. The van der Waals surface area contributed by atoms with Crippen LogP contribution < -0.4 is 14.8 Å². The van der Waals surface area contributed by atoms with Gasteiger partial charge in [-0.2, -0.15) is 0 Å². The number of hydrogen-bond acceptors (Lipinski definition) is 6. The highest BCUT2D eigenvalue weighted by molar-refractivity contribution is 5.91. The fourth-order valence-corrected chi connectivity index (χ4v) is 1.87. The molecule has 0 saturated carbocycles. The summed E-state index contributed by atoms with van der Waals surface area (Å²) in [6, 6.07) is 10.4. The van der Waals surface area contributed by atoms with Crippen LogP contribution in [0.1, 0.15) is 15.9 Å². The van der Waals surface area contributed by atoms with Crippen LogP contribution in [0.15, 0.2) is 42.6 Å². The van der Waals surface area contributed by atoms with Gasteiger partial charge in [0.05, 0.1) is 19.8 Å². The van der Waals surface area contributed by atoms with E-state index in [2.05, 4.69) is 10.3 Å². The summed E-state index contributed by atoms with van der Waals surface area (Å²) < 4.78 is 15.0. The Morgan fingerprint density at radius 1 is 1.12 bits per heavy atom. The molecule has 0 radical (unpaired) electrons. The molecule has 0 fully saturated rings. The van der Waals surface area contributed by atoms with E-state index >= 15 is 0 Å². The number of pyridine rings is 1. The number of carbonyl (C=O) groups is 2. The SMILES string of the molecule is COc1cccc(CNC(=O)COC(=O)c2ccc(OC)nc2)c1. The Bertz CT molecular complexity index is 700. The lowest BCUT2D eigenvalue weighted by molar-refractivity contribution is -0.124. The topological polar surface area (TPSA) is 86.8 Å². The first-order valence-corrected chi connectivity index (χ1v) is 7.19. The number of aromatic nitrogens is 1. The number of rotatable bonds is 7. The molecule has 126 valence electrons. The summed E-state index contributed by atoms with van der Waals surface area (Å²) in [5.41, 5.74) is 1.13. The molecule has 2 aromatic rings. The maximum Gasteiger partial charge on any atom is 0.340 e. The summed E-state index contributed by atoms with van der Waals surface area (Å²) in [5.74, 6) is 0.0806.